The lowest BCUT2D eigenvalue weighted by Gasteiger charge is -2.32. The largest absolute Gasteiger partial charge is 0.310 e. The first-order valence-electron chi connectivity index (χ1n) is 10.3. The number of nitrogens with zero attached hydrogens (tertiary/aromatic N) is 4. The van der Waals surface area contributed by atoms with Crippen molar-refractivity contribution in [1.29, 1.82) is 0 Å². The van der Waals surface area contributed by atoms with Crippen molar-refractivity contribution in [3.63, 3.8) is 0 Å². The highest BCUT2D eigenvalue weighted by Gasteiger charge is 2.19. The highest BCUT2D eigenvalue weighted by molar-refractivity contribution is 5.62. The topological polar surface area (TPSA) is 46.0 Å². The first-order valence-corrected chi connectivity index (χ1v) is 10.3. The van der Waals surface area contributed by atoms with E-state index in [1.54, 1.807) is 0 Å². The van der Waals surface area contributed by atoms with E-state index in [0.29, 0.717) is 6.04 Å². The van der Waals surface area contributed by atoms with E-state index in [1.807, 2.05) is 47.4 Å². The third-order valence-electron chi connectivity index (χ3n) is 5.47. The van der Waals surface area contributed by atoms with E-state index in [-0.39, 0.29) is 0 Å². The predicted octanol–water partition coefficient (Wildman–Crippen LogP) is 3.90. The second-order valence-corrected chi connectivity index (χ2v) is 7.52. The van der Waals surface area contributed by atoms with Gasteiger partial charge in [0.05, 0.1) is 11.4 Å². The van der Waals surface area contributed by atoms with Crippen molar-refractivity contribution in [2.75, 3.05) is 19.6 Å². The van der Waals surface area contributed by atoms with Crippen molar-refractivity contribution in [3.8, 4) is 16.9 Å². The molecule has 4 rings (SSSR count). The number of piperidine rings is 1. The van der Waals surface area contributed by atoms with Gasteiger partial charge in [-0.05, 0) is 63.2 Å². The number of likely N-dealkylation sites (tertiary alicyclic amines) is 1. The summed E-state index contributed by atoms with van der Waals surface area (Å²) in [7, 11) is 0. The zero-order chi connectivity index (χ0) is 19.2. The van der Waals surface area contributed by atoms with E-state index in [1.165, 1.54) is 44.5 Å². The monoisotopic (exact) mass is 375 g/mol. The molecule has 0 saturated carbocycles. The van der Waals surface area contributed by atoms with E-state index < -0.39 is 0 Å². The molecule has 3 heterocycles. The maximum absolute atomic E-state index is 4.89. The molecule has 1 N–H and O–H groups in total. The lowest BCUT2D eigenvalue weighted by atomic mass is 10.0. The van der Waals surface area contributed by atoms with Crippen LogP contribution in [0.15, 0.2) is 61.1 Å². The standard InChI is InChI=1S/C23H29N5/c1-2-14-27-15-10-21(11-16-27)25-17-20-18-28(22-6-4-3-5-7-22)26-23(20)19-8-12-24-13-9-19/h3-9,12-13,18,21,25H,2,10-11,14-17H2,1H3. The van der Waals surface area contributed by atoms with E-state index in [9.17, 15) is 0 Å². The first-order chi connectivity index (χ1) is 13.8. The van der Waals surface area contributed by atoms with Gasteiger partial charge in [-0.1, -0.05) is 25.1 Å². The van der Waals surface area contributed by atoms with Crippen LogP contribution in [0.5, 0.6) is 0 Å². The van der Waals surface area contributed by atoms with Gasteiger partial charge in [0.1, 0.15) is 0 Å². The zero-order valence-electron chi connectivity index (χ0n) is 16.6. The minimum atomic E-state index is 0.582. The van der Waals surface area contributed by atoms with Crippen molar-refractivity contribution in [3.05, 3.63) is 66.6 Å². The quantitative estimate of drug-likeness (QED) is 0.680. The molecule has 0 aliphatic carbocycles. The van der Waals surface area contributed by atoms with Crippen LogP contribution in [0.1, 0.15) is 31.7 Å². The average molecular weight is 376 g/mol. The van der Waals surface area contributed by atoms with Gasteiger partial charge in [0, 0.05) is 42.3 Å². The number of aromatic nitrogens is 3. The Balaban J connectivity index is 1.50. The number of nitrogens with one attached hydrogen (secondary N) is 1. The van der Waals surface area contributed by atoms with Crippen LogP contribution in [0.25, 0.3) is 16.9 Å². The molecule has 0 atom stereocenters. The summed E-state index contributed by atoms with van der Waals surface area (Å²) in [6, 6.07) is 14.9. The molecule has 1 aliphatic heterocycles. The Morgan fingerprint density at radius 2 is 1.79 bits per heavy atom. The zero-order valence-corrected chi connectivity index (χ0v) is 16.6. The number of rotatable bonds is 7. The van der Waals surface area contributed by atoms with Gasteiger partial charge in [0.25, 0.3) is 0 Å². The van der Waals surface area contributed by atoms with Gasteiger partial charge in [0.15, 0.2) is 0 Å². The van der Waals surface area contributed by atoms with E-state index in [2.05, 4.69) is 40.5 Å². The highest BCUT2D eigenvalue weighted by atomic mass is 15.3. The Labute approximate surface area is 167 Å². The number of hydrogen-bond donors (Lipinski definition) is 1. The Bertz CT molecular complexity index is 851. The molecular weight excluding hydrogens is 346 g/mol. The van der Waals surface area contributed by atoms with Gasteiger partial charge in [-0.2, -0.15) is 5.10 Å². The van der Waals surface area contributed by atoms with Crippen LogP contribution in [-0.2, 0) is 6.54 Å². The summed E-state index contributed by atoms with van der Waals surface area (Å²) in [6.45, 7) is 6.72. The summed E-state index contributed by atoms with van der Waals surface area (Å²) in [4.78, 5) is 6.73. The van der Waals surface area contributed by atoms with Crippen LogP contribution >= 0.6 is 0 Å². The number of pyridine rings is 1. The highest BCUT2D eigenvalue weighted by Crippen LogP contribution is 2.24. The Hall–Kier alpha value is -2.50. The molecule has 1 aromatic carbocycles. The van der Waals surface area contributed by atoms with Gasteiger partial charge < -0.3 is 10.2 Å². The van der Waals surface area contributed by atoms with Crippen LogP contribution in [0.2, 0.25) is 0 Å². The second kappa shape index (κ2) is 9.13. The van der Waals surface area contributed by atoms with Crippen LogP contribution < -0.4 is 5.32 Å². The molecule has 146 valence electrons. The smallest absolute Gasteiger partial charge is 0.0973 e. The van der Waals surface area contributed by atoms with Crippen molar-refractivity contribution < 1.29 is 0 Å². The molecule has 1 fully saturated rings. The predicted molar refractivity (Wildman–Crippen MR) is 113 cm³/mol. The molecule has 0 amide bonds. The molecule has 3 aromatic rings. The minimum Gasteiger partial charge on any atom is -0.310 e. The van der Waals surface area contributed by atoms with E-state index in [0.717, 1.165) is 23.5 Å². The number of para-hydroxylation sites is 1. The van der Waals surface area contributed by atoms with Crippen LogP contribution in [0, 0.1) is 0 Å². The molecule has 0 unspecified atom stereocenters. The Morgan fingerprint density at radius 3 is 2.50 bits per heavy atom. The van der Waals surface area contributed by atoms with Gasteiger partial charge in [-0.3, -0.25) is 4.98 Å². The molecule has 28 heavy (non-hydrogen) atoms. The lowest BCUT2D eigenvalue weighted by molar-refractivity contribution is 0.197. The molecule has 5 nitrogen and oxygen atoms in total. The summed E-state index contributed by atoms with van der Waals surface area (Å²) in [5.41, 5.74) is 4.45. The normalized spacial score (nSPS) is 15.8. The number of benzene rings is 1. The Morgan fingerprint density at radius 1 is 1.04 bits per heavy atom. The van der Waals surface area contributed by atoms with Crippen molar-refractivity contribution >= 4 is 0 Å². The molecule has 5 heteroatoms. The third kappa shape index (κ3) is 4.49. The van der Waals surface area contributed by atoms with E-state index >= 15 is 0 Å². The van der Waals surface area contributed by atoms with Gasteiger partial charge in [-0.25, -0.2) is 4.68 Å². The van der Waals surface area contributed by atoms with E-state index in [4.69, 9.17) is 5.10 Å². The molecule has 0 radical (unpaired) electrons. The average Bonchev–Trinajstić information content (AvgIpc) is 3.19. The third-order valence-corrected chi connectivity index (χ3v) is 5.47. The lowest BCUT2D eigenvalue weighted by Crippen LogP contribution is -2.42. The second-order valence-electron chi connectivity index (χ2n) is 7.52. The fourth-order valence-corrected chi connectivity index (χ4v) is 3.94. The van der Waals surface area contributed by atoms with Gasteiger partial charge in [-0.15, -0.1) is 0 Å². The first kappa shape index (κ1) is 18.8. The van der Waals surface area contributed by atoms with Crippen molar-refractivity contribution in [1.82, 2.24) is 25.0 Å². The SMILES string of the molecule is CCCN1CCC(NCc2cn(-c3ccccc3)nc2-c2ccncc2)CC1. The molecule has 2 aromatic heterocycles. The van der Waals surface area contributed by atoms with Crippen molar-refractivity contribution in [2.45, 2.75) is 38.8 Å². The maximum Gasteiger partial charge on any atom is 0.0973 e. The summed E-state index contributed by atoms with van der Waals surface area (Å²) in [5, 5.41) is 8.67. The summed E-state index contributed by atoms with van der Waals surface area (Å²) < 4.78 is 1.98. The van der Waals surface area contributed by atoms with Crippen LogP contribution in [0.3, 0.4) is 0 Å². The van der Waals surface area contributed by atoms with Crippen molar-refractivity contribution in [2.24, 2.45) is 0 Å². The Kier molecular flexibility index (Phi) is 6.14. The summed E-state index contributed by atoms with van der Waals surface area (Å²) in [5.74, 6) is 0. The van der Waals surface area contributed by atoms with Gasteiger partial charge in [0.2, 0.25) is 0 Å². The fourth-order valence-electron chi connectivity index (χ4n) is 3.94. The molecule has 0 spiro atoms. The maximum atomic E-state index is 4.89. The molecule has 1 saturated heterocycles. The van der Waals surface area contributed by atoms with Gasteiger partial charge >= 0.3 is 0 Å². The number of hydrogen-bond acceptors (Lipinski definition) is 4. The van der Waals surface area contributed by atoms with Crippen LogP contribution in [-0.4, -0.2) is 45.3 Å². The molecule has 1 aliphatic rings. The molecule has 0 bridgehead atoms. The molecular formula is C23H29N5. The van der Waals surface area contributed by atoms with Crippen LogP contribution in [0.4, 0.5) is 0 Å². The summed E-state index contributed by atoms with van der Waals surface area (Å²) >= 11 is 0. The minimum absolute atomic E-state index is 0.582. The summed E-state index contributed by atoms with van der Waals surface area (Å²) in [6.07, 6.45) is 9.50. The fraction of sp³-hybridized carbons (Fsp3) is 0.391.